The first kappa shape index (κ1) is 10.2. The Labute approximate surface area is 60.1 Å². The van der Waals surface area contributed by atoms with Crippen molar-refractivity contribution in [3.8, 4) is 0 Å². The Morgan fingerprint density at radius 2 is 1.20 bits per heavy atom. The maximum atomic E-state index is 7.23. The van der Waals surface area contributed by atoms with E-state index in [9.17, 15) is 0 Å². The number of hydrogen-bond acceptors (Lipinski definition) is 5. The summed E-state index contributed by atoms with van der Waals surface area (Å²) >= 11 is 0. The van der Waals surface area contributed by atoms with Crippen LogP contribution in [0.1, 0.15) is 12.8 Å². The van der Waals surface area contributed by atoms with Crippen molar-refractivity contribution in [2.24, 2.45) is 0 Å². The zero-order chi connectivity index (χ0) is 7.82. The van der Waals surface area contributed by atoms with Crippen LogP contribution in [0.3, 0.4) is 0 Å². The topological polar surface area (TPSA) is 79.2 Å². The third kappa shape index (κ3) is 11.1. The quantitative estimate of drug-likeness (QED) is 0.350. The molecule has 0 aromatic carbocycles. The summed E-state index contributed by atoms with van der Waals surface area (Å²) in [7, 11) is -2.62. The second-order valence-corrected chi connectivity index (χ2v) is 2.16. The molecule has 0 aromatic heterocycles. The van der Waals surface area contributed by atoms with Gasteiger partial charge >= 0.3 is 8.60 Å². The standard InChI is InChI=1S/C4H8O2.H3O3P/c1-2-4-6-5-3-1;1-4(2)3/h1-4H2;1-3H. The monoisotopic (exact) mass is 170 g/mol. The van der Waals surface area contributed by atoms with Gasteiger partial charge in [-0.3, -0.25) is 0 Å². The van der Waals surface area contributed by atoms with Gasteiger partial charge in [-0.25, -0.2) is 9.78 Å². The molecule has 3 N–H and O–H groups in total. The van der Waals surface area contributed by atoms with Crippen LogP contribution in [0.25, 0.3) is 0 Å². The van der Waals surface area contributed by atoms with E-state index in [-0.39, 0.29) is 0 Å². The predicted molar refractivity (Wildman–Crippen MR) is 34.7 cm³/mol. The Bertz CT molecular complexity index is 50.4. The largest absolute Gasteiger partial charge is 0.328 e. The van der Waals surface area contributed by atoms with Gasteiger partial charge in [-0.15, -0.1) is 0 Å². The molecule has 10 heavy (non-hydrogen) atoms. The minimum absolute atomic E-state index is 0.778. The van der Waals surface area contributed by atoms with E-state index in [1.165, 1.54) is 0 Å². The molecule has 0 saturated carbocycles. The van der Waals surface area contributed by atoms with Gasteiger partial charge in [0, 0.05) is 0 Å². The van der Waals surface area contributed by atoms with Gasteiger partial charge in [-0.05, 0) is 12.8 Å². The molecule has 1 saturated heterocycles. The molecule has 0 aromatic rings. The van der Waals surface area contributed by atoms with Crippen LogP contribution in [0, 0.1) is 0 Å². The average Bonchev–Trinajstić information content (AvgIpc) is 1.90. The van der Waals surface area contributed by atoms with E-state index in [1.807, 2.05) is 0 Å². The zero-order valence-corrected chi connectivity index (χ0v) is 6.33. The Balaban J connectivity index is 0.000000180. The summed E-state index contributed by atoms with van der Waals surface area (Å²) in [5, 5.41) is 0. The third-order valence-corrected chi connectivity index (χ3v) is 0.789. The van der Waals surface area contributed by atoms with Crippen molar-refractivity contribution in [2.75, 3.05) is 13.2 Å². The molecule has 0 radical (unpaired) electrons. The first-order valence-electron chi connectivity index (χ1n) is 2.84. The molecule has 1 heterocycles. The maximum absolute atomic E-state index is 7.23. The van der Waals surface area contributed by atoms with Crippen LogP contribution in [0.15, 0.2) is 0 Å². The Hall–Kier alpha value is 0.230. The molecule has 62 valence electrons. The van der Waals surface area contributed by atoms with Gasteiger partial charge < -0.3 is 14.7 Å². The molecule has 0 amide bonds. The minimum atomic E-state index is -2.62. The molecule has 0 bridgehead atoms. The third-order valence-electron chi connectivity index (χ3n) is 0.789. The van der Waals surface area contributed by atoms with Crippen LogP contribution >= 0.6 is 8.60 Å². The molecule has 0 unspecified atom stereocenters. The Morgan fingerprint density at radius 3 is 1.30 bits per heavy atom. The molecule has 6 heteroatoms. The second kappa shape index (κ2) is 7.34. The molecule has 1 rings (SSSR count). The van der Waals surface area contributed by atoms with E-state index in [0.717, 1.165) is 26.1 Å². The van der Waals surface area contributed by atoms with E-state index >= 15 is 0 Å². The zero-order valence-electron chi connectivity index (χ0n) is 5.43. The van der Waals surface area contributed by atoms with E-state index < -0.39 is 8.60 Å². The van der Waals surface area contributed by atoms with Crippen LogP contribution in [0.4, 0.5) is 0 Å². The normalized spacial score (nSPS) is 18.0. The molecule has 1 aliphatic rings. The molecular formula is C4H11O5P. The van der Waals surface area contributed by atoms with Crippen LogP contribution in [0.2, 0.25) is 0 Å². The maximum Gasteiger partial charge on any atom is 0.324 e. The summed E-state index contributed by atoms with van der Waals surface area (Å²) in [6.45, 7) is 1.56. The Morgan fingerprint density at radius 1 is 0.900 bits per heavy atom. The lowest BCUT2D eigenvalue weighted by Crippen LogP contribution is -2.05. The van der Waals surface area contributed by atoms with Crippen LogP contribution in [-0.2, 0) is 9.78 Å². The lowest BCUT2D eigenvalue weighted by molar-refractivity contribution is -0.312. The highest BCUT2D eigenvalue weighted by atomic mass is 31.2. The molecule has 5 nitrogen and oxygen atoms in total. The number of rotatable bonds is 0. The van der Waals surface area contributed by atoms with Crippen molar-refractivity contribution in [3.05, 3.63) is 0 Å². The van der Waals surface area contributed by atoms with Gasteiger partial charge in [0.25, 0.3) is 0 Å². The lowest BCUT2D eigenvalue weighted by Gasteiger charge is -2.07. The molecule has 0 atom stereocenters. The predicted octanol–water partition coefficient (Wildman–Crippen LogP) is -0.0814. The fourth-order valence-electron chi connectivity index (χ4n) is 0.440. The van der Waals surface area contributed by atoms with Crippen molar-refractivity contribution < 1.29 is 24.5 Å². The first-order chi connectivity index (χ1) is 4.73. The average molecular weight is 170 g/mol. The highest BCUT2D eigenvalue weighted by Crippen LogP contribution is 2.11. The summed E-state index contributed by atoms with van der Waals surface area (Å²) in [6, 6.07) is 0. The van der Waals surface area contributed by atoms with E-state index in [1.54, 1.807) is 0 Å². The van der Waals surface area contributed by atoms with E-state index in [2.05, 4.69) is 9.78 Å². The highest BCUT2D eigenvalue weighted by Gasteiger charge is 1.95. The van der Waals surface area contributed by atoms with Crippen molar-refractivity contribution in [2.45, 2.75) is 12.8 Å². The Kier molecular flexibility index (Phi) is 7.51. The summed E-state index contributed by atoms with van der Waals surface area (Å²) in [6.07, 6.45) is 2.31. The van der Waals surface area contributed by atoms with Crippen LogP contribution in [0.5, 0.6) is 0 Å². The number of hydrogen-bond donors (Lipinski definition) is 3. The lowest BCUT2D eigenvalue weighted by atomic mass is 10.3. The van der Waals surface area contributed by atoms with E-state index in [4.69, 9.17) is 14.7 Å². The summed E-state index contributed by atoms with van der Waals surface area (Å²) in [4.78, 5) is 30.8. The van der Waals surface area contributed by atoms with Crippen molar-refractivity contribution in [1.29, 1.82) is 0 Å². The summed E-state index contributed by atoms with van der Waals surface area (Å²) in [5.41, 5.74) is 0. The highest BCUT2D eigenvalue weighted by molar-refractivity contribution is 7.38. The second-order valence-electron chi connectivity index (χ2n) is 1.62. The molecular weight excluding hydrogens is 159 g/mol. The van der Waals surface area contributed by atoms with Crippen molar-refractivity contribution >= 4 is 8.60 Å². The molecule has 1 fully saturated rings. The summed E-state index contributed by atoms with van der Waals surface area (Å²) < 4.78 is 0. The summed E-state index contributed by atoms with van der Waals surface area (Å²) in [5.74, 6) is 0. The molecule has 0 spiro atoms. The van der Waals surface area contributed by atoms with Gasteiger partial charge in [0.1, 0.15) is 0 Å². The fourth-order valence-corrected chi connectivity index (χ4v) is 0.440. The van der Waals surface area contributed by atoms with Gasteiger partial charge in [-0.2, -0.15) is 0 Å². The molecule has 0 aliphatic carbocycles. The van der Waals surface area contributed by atoms with Crippen molar-refractivity contribution in [3.63, 3.8) is 0 Å². The van der Waals surface area contributed by atoms with Crippen molar-refractivity contribution in [1.82, 2.24) is 0 Å². The fraction of sp³-hybridized carbons (Fsp3) is 1.00. The SMILES string of the molecule is C1CCOOC1.OP(O)O. The van der Waals surface area contributed by atoms with E-state index in [0.29, 0.717) is 0 Å². The first-order valence-corrected chi connectivity index (χ1v) is 4.04. The van der Waals surface area contributed by atoms with Gasteiger partial charge in [0.2, 0.25) is 0 Å². The van der Waals surface area contributed by atoms with Gasteiger partial charge in [-0.1, -0.05) is 0 Å². The van der Waals surface area contributed by atoms with Crippen LogP contribution < -0.4 is 0 Å². The smallest absolute Gasteiger partial charge is 0.324 e. The van der Waals surface area contributed by atoms with Gasteiger partial charge in [0.15, 0.2) is 0 Å². The minimum Gasteiger partial charge on any atom is -0.328 e. The van der Waals surface area contributed by atoms with Gasteiger partial charge in [0.05, 0.1) is 13.2 Å². The molecule has 1 aliphatic heterocycles. The van der Waals surface area contributed by atoms with Crippen LogP contribution in [-0.4, -0.2) is 27.9 Å².